The number of carbonyl (C=O) groups is 2. The number of anilines is 1. The van der Waals surface area contributed by atoms with E-state index in [4.69, 9.17) is 0 Å². The number of nitrogens with zero attached hydrogens (tertiary/aromatic N) is 1. The molecule has 5 nitrogen and oxygen atoms in total. The Labute approximate surface area is 152 Å². The topological polar surface area (TPSA) is 71.1 Å². The molecule has 1 aromatic heterocycles. The van der Waals surface area contributed by atoms with Crippen LogP contribution in [-0.4, -0.2) is 23.3 Å². The number of hydrogen-bond donors (Lipinski definition) is 2. The lowest BCUT2D eigenvalue weighted by Gasteiger charge is -2.06. The number of aryl methyl sites for hydroxylation is 1. The van der Waals surface area contributed by atoms with Crippen molar-refractivity contribution in [3.05, 3.63) is 59.2 Å². The molecule has 0 unspecified atom stereocenters. The van der Waals surface area contributed by atoms with Crippen LogP contribution in [0.15, 0.2) is 36.4 Å². The van der Waals surface area contributed by atoms with Gasteiger partial charge in [0, 0.05) is 19.0 Å². The Morgan fingerprint density at radius 2 is 2.00 bits per heavy atom. The number of para-hydroxylation sites is 1. The highest BCUT2D eigenvalue weighted by atomic mass is 32.1. The smallest absolute Gasteiger partial charge is 0.254 e. The van der Waals surface area contributed by atoms with Gasteiger partial charge in [0.2, 0.25) is 5.91 Å². The molecule has 2 amide bonds. The van der Waals surface area contributed by atoms with Gasteiger partial charge in [-0.25, -0.2) is 13.8 Å². The van der Waals surface area contributed by atoms with Crippen LogP contribution >= 0.6 is 11.3 Å². The number of carbonyl (C=O) groups excluding carboxylic acids is 2. The van der Waals surface area contributed by atoms with E-state index in [1.165, 1.54) is 11.3 Å². The van der Waals surface area contributed by atoms with Crippen molar-refractivity contribution in [2.75, 3.05) is 11.9 Å². The van der Waals surface area contributed by atoms with Gasteiger partial charge in [0.25, 0.3) is 5.91 Å². The highest BCUT2D eigenvalue weighted by Crippen LogP contribution is 2.27. The van der Waals surface area contributed by atoms with E-state index in [9.17, 15) is 18.4 Å². The molecule has 0 atom stereocenters. The fourth-order valence-electron chi connectivity index (χ4n) is 2.38. The van der Waals surface area contributed by atoms with Crippen molar-refractivity contribution in [2.45, 2.75) is 13.3 Å². The summed E-state index contributed by atoms with van der Waals surface area (Å²) < 4.78 is 27.3. The first kappa shape index (κ1) is 17.9. The number of fused-ring (bicyclic) bond motifs is 1. The van der Waals surface area contributed by atoms with Gasteiger partial charge in [-0.2, -0.15) is 0 Å². The van der Waals surface area contributed by atoms with Crippen LogP contribution in [0.25, 0.3) is 10.2 Å². The molecule has 134 valence electrons. The highest BCUT2D eigenvalue weighted by Gasteiger charge is 2.13. The first-order chi connectivity index (χ1) is 12.4. The van der Waals surface area contributed by atoms with Gasteiger partial charge in [0.15, 0.2) is 5.13 Å². The quantitative estimate of drug-likeness (QED) is 0.715. The molecule has 0 bridgehead atoms. The maximum Gasteiger partial charge on any atom is 0.254 e. The molecular weight excluding hydrogens is 360 g/mol. The van der Waals surface area contributed by atoms with Crippen molar-refractivity contribution in [1.29, 1.82) is 0 Å². The third kappa shape index (κ3) is 4.02. The lowest BCUT2D eigenvalue weighted by Crippen LogP contribution is -2.28. The molecule has 3 aromatic rings. The number of thiazole rings is 1. The van der Waals surface area contributed by atoms with E-state index < -0.39 is 17.5 Å². The van der Waals surface area contributed by atoms with Gasteiger partial charge >= 0.3 is 0 Å². The number of halogens is 2. The van der Waals surface area contributed by atoms with Gasteiger partial charge in [0.1, 0.15) is 11.6 Å². The number of rotatable bonds is 5. The van der Waals surface area contributed by atoms with E-state index in [0.29, 0.717) is 11.2 Å². The minimum absolute atomic E-state index is 0.00343. The van der Waals surface area contributed by atoms with E-state index in [1.54, 1.807) is 0 Å². The minimum Gasteiger partial charge on any atom is -0.351 e. The molecule has 26 heavy (non-hydrogen) atoms. The number of aromatic nitrogens is 1. The maximum absolute atomic E-state index is 13.5. The van der Waals surface area contributed by atoms with Crippen LogP contribution in [-0.2, 0) is 4.79 Å². The zero-order valence-electron chi connectivity index (χ0n) is 13.8. The first-order valence-electron chi connectivity index (χ1n) is 7.83. The summed E-state index contributed by atoms with van der Waals surface area (Å²) in [6, 6.07) is 8.48. The Hall–Kier alpha value is -2.87. The van der Waals surface area contributed by atoms with Gasteiger partial charge in [0.05, 0.1) is 15.8 Å². The zero-order chi connectivity index (χ0) is 18.7. The van der Waals surface area contributed by atoms with Crippen molar-refractivity contribution in [2.24, 2.45) is 0 Å². The van der Waals surface area contributed by atoms with Crippen molar-refractivity contribution < 1.29 is 18.4 Å². The fraction of sp³-hybridized carbons (Fsp3) is 0.167. The van der Waals surface area contributed by atoms with Crippen LogP contribution in [0, 0.1) is 18.6 Å². The maximum atomic E-state index is 13.5. The monoisotopic (exact) mass is 375 g/mol. The molecule has 2 N–H and O–H groups in total. The molecular formula is C18H15F2N3O2S. The molecule has 0 aliphatic heterocycles. The Morgan fingerprint density at radius 1 is 1.19 bits per heavy atom. The summed E-state index contributed by atoms with van der Waals surface area (Å²) in [5, 5.41) is 5.60. The molecule has 0 radical (unpaired) electrons. The Bertz CT molecular complexity index is 988. The van der Waals surface area contributed by atoms with Crippen molar-refractivity contribution in [3.63, 3.8) is 0 Å². The molecule has 0 aliphatic carbocycles. The van der Waals surface area contributed by atoms with Crippen molar-refractivity contribution in [1.82, 2.24) is 10.3 Å². The van der Waals surface area contributed by atoms with Crippen LogP contribution in [0.1, 0.15) is 22.3 Å². The van der Waals surface area contributed by atoms with E-state index in [0.717, 1.165) is 27.9 Å². The average Bonchev–Trinajstić information content (AvgIpc) is 2.98. The lowest BCUT2D eigenvalue weighted by molar-refractivity contribution is -0.116. The normalized spacial score (nSPS) is 10.7. The second kappa shape index (κ2) is 7.57. The first-order valence-corrected chi connectivity index (χ1v) is 8.65. The molecule has 0 fully saturated rings. The van der Waals surface area contributed by atoms with Crippen LogP contribution < -0.4 is 10.6 Å². The lowest BCUT2D eigenvalue weighted by atomic mass is 10.2. The van der Waals surface area contributed by atoms with Crippen molar-refractivity contribution >= 4 is 38.5 Å². The van der Waals surface area contributed by atoms with E-state index in [2.05, 4.69) is 15.6 Å². The molecule has 0 saturated heterocycles. The number of benzene rings is 2. The largest absolute Gasteiger partial charge is 0.351 e. The van der Waals surface area contributed by atoms with Crippen LogP contribution in [0.2, 0.25) is 0 Å². The predicted octanol–water partition coefficient (Wildman–Crippen LogP) is 3.64. The predicted molar refractivity (Wildman–Crippen MR) is 96.3 cm³/mol. The molecule has 0 spiro atoms. The summed E-state index contributed by atoms with van der Waals surface area (Å²) in [7, 11) is 0. The van der Waals surface area contributed by atoms with Crippen molar-refractivity contribution in [3.8, 4) is 0 Å². The molecule has 1 heterocycles. The van der Waals surface area contributed by atoms with E-state index in [1.807, 2.05) is 25.1 Å². The number of amides is 2. The van der Waals surface area contributed by atoms with Gasteiger partial charge in [-0.1, -0.05) is 23.5 Å². The third-order valence-corrected chi connectivity index (χ3v) is 4.62. The molecule has 0 aliphatic rings. The Balaban J connectivity index is 1.53. The zero-order valence-corrected chi connectivity index (χ0v) is 14.6. The Morgan fingerprint density at radius 3 is 2.73 bits per heavy atom. The molecule has 8 heteroatoms. The van der Waals surface area contributed by atoms with Gasteiger partial charge in [-0.15, -0.1) is 0 Å². The summed E-state index contributed by atoms with van der Waals surface area (Å²) in [6.45, 7) is 1.96. The summed E-state index contributed by atoms with van der Waals surface area (Å²) in [4.78, 5) is 28.2. The van der Waals surface area contributed by atoms with Crippen LogP contribution in [0.3, 0.4) is 0 Å². The average molecular weight is 375 g/mol. The molecule has 0 saturated carbocycles. The summed E-state index contributed by atoms with van der Waals surface area (Å²) in [5.41, 5.74) is 1.59. The van der Waals surface area contributed by atoms with Gasteiger partial charge < -0.3 is 10.6 Å². The SMILES string of the molecule is Cc1cccc2sc(NC(=O)CCNC(=O)c3ccc(F)cc3F)nc12. The summed E-state index contributed by atoms with van der Waals surface area (Å²) in [5.74, 6) is -2.73. The second-order valence-corrected chi connectivity index (χ2v) is 6.65. The number of nitrogens with one attached hydrogen (secondary N) is 2. The fourth-order valence-corrected chi connectivity index (χ4v) is 3.34. The molecule has 3 rings (SSSR count). The van der Waals surface area contributed by atoms with Crippen LogP contribution in [0.5, 0.6) is 0 Å². The van der Waals surface area contributed by atoms with Gasteiger partial charge in [-0.3, -0.25) is 9.59 Å². The standard InChI is InChI=1S/C18H15F2N3O2S/c1-10-3-2-4-14-16(10)23-18(26-14)22-15(24)7-8-21-17(25)12-6-5-11(19)9-13(12)20/h2-6,9H,7-8H2,1H3,(H,21,25)(H,22,23,24). The Kier molecular flexibility index (Phi) is 5.22. The van der Waals surface area contributed by atoms with Gasteiger partial charge in [-0.05, 0) is 30.7 Å². The second-order valence-electron chi connectivity index (χ2n) is 5.62. The molecule has 2 aromatic carbocycles. The highest BCUT2D eigenvalue weighted by molar-refractivity contribution is 7.22. The minimum atomic E-state index is -0.947. The third-order valence-electron chi connectivity index (χ3n) is 3.68. The summed E-state index contributed by atoms with van der Waals surface area (Å²) >= 11 is 1.36. The number of hydrogen-bond acceptors (Lipinski definition) is 4. The summed E-state index contributed by atoms with van der Waals surface area (Å²) in [6.07, 6.45) is 0.00343. The van der Waals surface area contributed by atoms with Crippen LogP contribution in [0.4, 0.5) is 13.9 Å². The van der Waals surface area contributed by atoms with E-state index >= 15 is 0 Å². The van der Waals surface area contributed by atoms with E-state index in [-0.39, 0.29) is 24.4 Å².